The van der Waals surface area contributed by atoms with E-state index < -0.39 is 6.04 Å². The highest BCUT2D eigenvalue weighted by Gasteiger charge is 2.37. The molecule has 0 radical (unpaired) electrons. The Hall–Kier alpha value is -1.88. The van der Waals surface area contributed by atoms with Crippen molar-refractivity contribution in [1.29, 1.82) is 0 Å². The van der Waals surface area contributed by atoms with Crippen LogP contribution in [0.2, 0.25) is 0 Å². The Morgan fingerprint density at radius 1 is 1.36 bits per heavy atom. The third-order valence-corrected chi connectivity index (χ3v) is 4.15. The average Bonchev–Trinajstić information content (AvgIpc) is 2.85. The molecular weight excluding hydrogens is 278 g/mol. The van der Waals surface area contributed by atoms with Crippen LogP contribution < -0.4 is 11.1 Å². The minimum Gasteiger partial charge on any atom is -0.355 e. The van der Waals surface area contributed by atoms with Gasteiger partial charge < -0.3 is 16.0 Å². The molecule has 0 bridgehead atoms. The Balaban J connectivity index is 2.13. The van der Waals surface area contributed by atoms with Gasteiger partial charge in [0.25, 0.3) is 0 Å². The zero-order valence-electron chi connectivity index (χ0n) is 13.6. The highest BCUT2D eigenvalue weighted by atomic mass is 16.2. The van der Waals surface area contributed by atoms with E-state index in [4.69, 9.17) is 5.73 Å². The quantitative estimate of drug-likeness (QED) is 0.868. The smallest absolute Gasteiger partial charge is 0.242 e. The summed E-state index contributed by atoms with van der Waals surface area (Å²) in [5.41, 5.74) is 9.20. The van der Waals surface area contributed by atoms with E-state index >= 15 is 0 Å². The van der Waals surface area contributed by atoms with Gasteiger partial charge in [0.2, 0.25) is 11.8 Å². The van der Waals surface area contributed by atoms with Gasteiger partial charge in [-0.3, -0.25) is 9.59 Å². The number of likely N-dealkylation sites (N-methyl/N-ethyl adjacent to an activating group) is 1. The fraction of sp³-hybridized carbons (Fsp3) is 0.529. The van der Waals surface area contributed by atoms with Crippen molar-refractivity contribution in [1.82, 2.24) is 10.2 Å². The molecule has 1 aromatic rings. The van der Waals surface area contributed by atoms with Crippen LogP contribution in [-0.4, -0.2) is 41.9 Å². The van der Waals surface area contributed by atoms with Gasteiger partial charge in [-0.05, 0) is 38.3 Å². The monoisotopic (exact) mass is 303 g/mol. The lowest BCUT2D eigenvalue weighted by atomic mass is 10.0. The van der Waals surface area contributed by atoms with Gasteiger partial charge in [0, 0.05) is 19.1 Å². The van der Waals surface area contributed by atoms with E-state index in [1.54, 1.807) is 4.90 Å². The van der Waals surface area contributed by atoms with Crippen molar-refractivity contribution in [3.8, 4) is 0 Å². The van der Waals surface area contributed by atoms with Gasteiger partial charge in [0.1, 0.15) is 6.04 Å². The highest BCUT2D eigenvalue weighted by Crippen LogP contribution is 2.20. The number of hydrogen-bond acceptors (Lipinski definition) is 3. The number of carbonyl (C=O) groups excluding carboxylic acids is 2. The molecule has 2 rings (SSSR count). The fourth-order valence-electron chi connectivity index (χ4n) is 2.94. The van der Waals surface area contributed by atoms with Gasteiger partial charge in [-0.25, -0.2) is 0 Å². The van der Waals surface area contributed by atoms with E-state index in [0.717, 1.165) is 16.7 Å². The third kappa shape index (κ3) is 3.65. The number of rotatable bonds is 4. The average molecular weight is 303 g/mol. The second kappa shape index (κ2) is 6.92. The molecule has 0 unspecified atom stereocenters. The molecule has 0 aliphatic carbocycles. The number of nitrogens with zero attached hydrogens (tertiary/aromatic N) is 1. The molecule has 120 valence electrons. The van der Waals surface area contributed by atoms with Crippen LogP contribution in [0.4, 0.5) is 0 Å². The van der Waals surface area contributed by atoms with E-state index in [0.29, 0.717) is 25.9 Å². The zero-order valence-corrected chi connectivity index (χ0v) is 13.6. The maximum atomic E-state index is 12.6. The van der Waals surface area contributed by atoms with Crippen LogP contribution in [0.15, 0.2) is 18.2 Å². The molecule has 1 aliphatic rings. The lowest BCUT2D eigenvalue weighted by Gasteiger charge is -2.24. The first-order valence-electron chi connectivity index (χ1n) is 7.81. The molecule has 2 atom stereocenters. The van der Waals surface area contributed by atoms with Crippen LogP contribution >= 0.6 is 0 Å². The van der Waals surface area contributed by atoms with Crippen molar-refractivity contribution in [2.75, 3.05) is 13.1 Å². The highest BCUT2D eigenvalue weighted by molar-refractivity contribution is 5.89. The lowest BCUT2D eigenvalue weighted by molar-refractivity contribution is -0.137. The molecule has 5 heteroatoms. The zero-order chi connectivity index (χ0) is 16.3. The van der Waals surface area contributed by atoms with E-state index in [1.807, 2.05) is 39.0 Å². The van der Waals surface area contributed by atoms with Crippen molar-refractivity contribution in [3.05, 3.63) is 34.9 Å². The van der Waals surface area contributed by atoms with Crippen LogP contribution in [-0.2, 0) is 16.0 Å². The number of likely N-dealkylation sites (tertiary alicyclic amines) is 1. The van der Waals surface area contributed by atoms with E-state index in [2.05, 4.69) is 5.32 Å². The summed E-state index contributed by atoms with van der Waals surface area (Å²) in [6, 6.07) is 5.52. The maximum absolute atomic E-state index is 12.6. The molecule has 1 aliphatic heterocycles. The second-order valence-corrected chi connectivity index (χ2v) is 6.06. The normalized spacial score (nSPS) is 21.0. The Morgan fingerprint density at radius 2 is 2.09 bits per heavy atom. The van der Waals surface area contributed by atoms with E-state index in [9.17, 15) is 9.59 Å². The lowest BCUT2D eigenvalue weighted by Crippen LogP contribution is -2.46. The summed E-state index contributed by atoms with van der Waals surface area (Å²) in [4.78, 5) is 26.4. The molecule has 5 nitrogen and oxygen atoms in total. The number of amides is 2. The summed E-state index contributed by atoms with van der Waals surface area (Å²) in [5.74, 6) is -0.136. The summed E-state index contributed by atoms with van der Waals surface area (Å²) in [6.07, 6.45) is 0.848. The number of aryl methyl sites for hydroxylation is 2. The van der Waals surface area contributed by atoms with Gasteiger partial charge in [0.15, 0.2) is 0 Å². The third-order valence-electron chi connectivity index (χ3n) is 4.15. The SMILES string of the molecule is CCNC(=O)[C@@H]1C[C@@H](N)CN1C(=O)Cc1cc(C)ccc1C. The van der Waals surface area contributed by atoms with Crippen LogP contribution in [0.1, 0.15) is 30.0 Å². The molecule has 1 fully saturated rings. The van der Waals surface area contributed by atoms with Crippen molar-refractivity contribution < 1.29 is 9.59 Å². The van der Waals surface area contributed by atoms with Crippen LogP contribution in [0.5, 0.6) is 0 Å². The molecule has 3 N–H and O–H groups in total. The topological polar surface area (TPSA) is 75.4 Å². The fourth-order valence-corrected chi connectivity index (χ4v) is 2.94. The number of nitrogens with one attached hydrogen (secondary N) is 1. The molecule has 1 saturated heterocycles. The van der Waals surface area contributed by atoms with Crippen LogP contribution in [0.3, 0.4) is 0 Å². The number of benzene rings is 1. The molecule has 1 heterocycles. The molecule has 0 spiro atoms. The van der Waals surface area contributed by atoms with Crippen molar-refractivity contribution in [2.45, 2.75) is 45.7 Å². The van der Waals surface area contributed by atoms with E-state index in [1.165, 1.54) is 0 Å². The standard InChI is InChI=1S/C17H25N3O2/c1-4-19-17(22)15-9-14(18)10-20(15)16(21)8-13-7-11(2)5-6-12(13)3/h5-7,14-15H,4,8-10,18H2,1-3H3,(H,19,22)/t14-,15+/m1/s1. The van der Waals surface area contributed by atoms with Crippen molar-refractivity contribution in [2.24, 2.45) is 5.73 Å². The molecule has 1 aromatic carbocycles. The Labute approximate surface area is 131 Å². The van der Waals surface area contributed by atoms with Gasteiger partial charge in [-0.2, -0.15) is 0 Å². The summed E-state index contributed by atoms with van der Waals surface area (Å²) in [5, 5.41) is 2.79. The van der Waals surface area contributed by atoms with Crippen molar-refractivity contribution in [3.63, 3.8) is 0 Å². The first kappa shape index (κ1) is 16.5. The molecule has 0 saturated carbocycles. The summed E-state index contributed by atoms with van der Waals surface area (Å²) in [7, 11) is 0. The second-order valence-electron chi connectivity index (χ2n) is 6.06. The van der Waals surface area contributed by atoms with Gasteiger partial charge >= 0.3 is 0 Å². The summed E-state index contributed by atoms with van der Waals surface area (Å²) in [6.45, 7) is 6.89. The van der Waals surface area contributed by atoms with Gasteiger partial charge in [-0.1, -0.05) is 23.8 Å². The van der Waals surface area contributed by atoms with Crippen LogP contribution in [0.25, 0.3) is 0 Å². The molecular formula is C17H25N3O2. The van der Waals surface area contributed by atoms with Crippen molar-refractivity contribution >= 4 is 11.8 Å². The van der Waals surface area contributed by atoms with Crippen LogP contribution in [0, 0.1) is 13.8 Å². The van der Waals surface area contributed by atoms with E-state index in [-0.39, 0.29) is 17.9 Å². The minimum atomic E-state index is -0.437. The predicted molar refractivity (Wildman–Crippen MR) is 86.4 cm³/mol. The summed E-state index contributed by atoms with van der Waals surface area (Å²) >= 11 is 0. The maximum Gasteiger partial charge on any atom is 0.242 e. The summed E-state index contributed by atoms with van der Waals surface area (Å²) < 4.78 is 0. The first-order chi connectivity index (χ1) is 10.4. The Kier molecular flexibility index (Phi) is 5.19. The first-order valence-corrected chi connectivity index (χ1v) is 7.81. The minimum absolute atomic E-state index is 0.0297. The largest absolute Gasteiger partial charge is 0.355 e. The molecule has 22 heavy (non-hydrogen) atoms. The molecule has 2 amide bonds. The number of hydrogen-bond donors (Lipinski definition) is 2. The van der Waals surface area contributed by atoms with Gasteiger partial charge in [-0.15, -0.1) is 0 Å². The Bertz CT molecular complexity index is 571. The van der Waals surface area contributed by atoms with Gasteiger partial charge in [0.05, 0.1) is 6.42 Å². The molecule has 0 aromatic heterocycles. The number of carbonyl (C=O) groups is 2. The Morgan fingerprint density at radius 3 is 2.77 bits per heavy atom. The number of nitrogens with two attached hydrogens (primary N) is 1. The predicted octanol–water partition coefficient (Wildman–Crippen LogP) is 0.910.